The first-order valence-electron chi connectivity index (χ1n) is 7.10. The Morgan fingerprint density at radius 3 is 2.57 bits per heavy atom. The van der Waals surface area contributed by atoms with Crippen LogP contribution in [0.25, 0.3) is 0 Å². The molecule has 0 bridgehead atoms. The van der Waals surface area contributed by atoms with Crippen molar-refractivity contribution in [2.24, 2.45) is 0 Å². The Bertz CT molecular complexity index is 755. The number of carbonyl (C=O) groups excluding carboxylic acids is 1. The molecule has 1 aromatic carbocycles. The largest absolute Gasteiger partial charge is 0.481 e. The SMILES string of the molecule is CC(CC(=O)O)NC(=O)c1ccc(=O)n(Cc2ccccc2)n1. The average Bonchev–Trinajstić information content (AvgIpc) is 2.49. The molecule has 0 spiro atoms. The first kappa shape index (κ1) is 16.4. The van der Waals surface area contributed by atoms with Crippen molar-refractivity contribution in [3.63, 3.8) is 0 Å². The molecule has 1 aromatic heterocycles. The third-order valence-electron chi connectivity index (χ3n) is 3.13. The molecule has 2 rings (SSSR count). The maximum atomic E-state index is 12.1. The van der Waals surface area contributed by atoms with Gasteiger partial charge < -0.3 is 10.4 Å². The lowest BCUT2D eigenvalue weighted by atomic mass is 10.2. The van der Waals surface area contributed by atoms with Gasteiger partial charge in [0, 0.05) is 12.1 Å². The molecular formula is C16H17N3O4. The van der Waals surface area contributed by atoms with Crippen LogP contribution in [-0.4, -0.2) is 32.8 Å². The lowest BCUT2D eigenvalue weighted by Crippen LogP contribution is -2.36. The zero-order valence-corrected chi connectivity index (χ0v) is 12.6. The van der Waals surface area contributed by atoms with E-state index >= 15 is 0 Å². The summed E-state index contributed by atoms with van der Waals surface area (Å²) in [7, 11) is 0. The summed E-state index contributed by atoms with van der Waals surface area (Å²) in [6.07, 6.45) is -0.185. The average molecular weight is 315 g/mol. The van der Waals surface area contributed by atoms with Gasteiger partial charge in [-0.25, -0.2) is 4.68 Å². The smallest absolute Gasteiger partial charge is 0.305 e. The summed E-state index contributed by atoms with van der Waals surface area (Å²) >= 11 is 0. The fourth-order valence-corrected chi connectivity index (χ4v) is 2.05. The standard InChI is InChI=1S/C16H17N3O4/c1-11(9-15(21)22)17-16(23)13-7-8-14(20)19(18-13)10-12-5-3-2-4-6-12/h2-8,11H,9-10H2,1H3,(H,17,23)(H,21,22). The number of aliphatic carboxylic acids is 1. The number of carboxylic acid groups (broad SMARTS) is 1. The molecule has 2 N–H and O–H groups in total. The number of amides is 1. The number of hydrogen-bond donors (Lipinski definition) is 2. The van der Waals surface area contributed by atoms with Gasteiger partial charge in [0.1, 0.15) is 5.69 Å². The van der Waals surface area contributed by atoms with Gasteiger partial charge >= 0.3 is 5.97 Å². The molecule has 0 fully saturated rings. The van der Waals surface area contributed by atoms with Crippen molar-refractivity contribution < 1.29 is 14.7 Å². The van der Waals surface area contributed by atoms with Gasteiger partial charge in [0.15, 0.2) is 0 Å². The number of nitrogens with one attached hydrogen (secondary N) is 1. The van der Waals surface area contributed by atoms with Crippen LogP contribution in [0.4, 0.5) is 0 Å². The quantitative estimate of drug-likeness (QED) is 0.824. The highest BCUT2D eigenvalue weighted by molar-refractivity contribution is 5.92. The fourth-order valence-electron chi connectivity index (χ4n) is 2.05. The summed E-state index contributed by atoms with van der Waals surface area (Å²) in [4.78, 5) is 34.5. The number of hydrogen-bond acceptors (Lipinski definition) is 4. The maximum Gasteiger partial charge on any atom is 0.305 e. The topological polar surface area (TPSA) is 101 Å². The van der Waals surface area contributed by atoms with Crippen molar-refractivity contribution in [3.05, 3.63) is 64.1 Å². The molecule has 7 heteroatoms. The Morgan fingerprint density at radius 2 is 1.91 bits per heavy atom. The van der Waals surface area contributed by atoms with Crippen molar-refractivity contribution in [1.29, 1.82) is 0 Å². The van der Waals surface area contributed by atoms with Crippen molar-refractivity contribution in [2.75, 3.05) is 0 Å². The highest BCUT2D eigenvalue weighted by Crippen LogP contribution is 2.01. The molecular weight excluding hydrogens is 298 g/mol. The van der Waals surface area contributed by atoms with Crippen molar-refractivity contribution in [2.45, 2.75) is 25.9 Å². The molecule has 0 aliphatic carbocycles. The lowest BCUT2D eigenvalue weighted by molar-refractivity contribution is -0.137. The molecule has 0 saturated heterocycles. The molecule has 1 amide bonds. The van der Waals surface area contributed by atoms with Gasteiger partial charge in [-0.05, 0) is 18.6 Å². The van der Waals surface area contributed by atoms with Crippen LogP contribution >= 0.6 is 0 Å². The van der Waals surface area contributed by atoms with E-state index in [2.05, 4.69) is 10.4 Å². The summed E-state index contributed by atoms with van der Waals surface area (Å²) < 4.78 is 1.20. The molecule has 2 aromatic rings. The van der Waals surface area contributed by atoms with E-state index in [9.17, 15) is 14.4 Å². The maximum absolute atomic E-state index is 12.1. The van der Waals surface area contributed by atoms with Crippen molar-refractivity contribution in [1.82, 2.24) is 15.1 Å². The van der Waals surface area contributed by atoms with Gasteiger partial charge in [-0.2, -0.15) is 5.10 Å². The molecule has 1 unspecified atom stereocenters. The predicted molar refractivity (Wildman–Crippen MR) is 83.2 cm³/mol. The van der Waals surface area contributed by atoms with Gasteiger partial charge in [0.25, 0.3) is 11.5 Å². The summed E-state index contributed by atoms with van der Waals surface area (Å²) in [5.41, 5.74) is 0.640. The Hall–Kier alpha value is -2.96. The van der Waals surface area contributed by atoms with E-state index in [-0.39, 0.29) is 24.2 Å². The zero-order valence-electron chi connectivity index (χ0n) is 12.6. The number of nitrogens with zero attached hydrogens (tertiary/aromatic N) is 2. The third-order valence-corrected chi connectivity index (χ3v) is 3.13. The second-order valence-electron chi connectivity index (χ2n) is 5.17. The van der Waals surface area contributed by atoms with Crippen LogP contribution in [0, 0.1) is 0 Å². The molecule has 0 saturated carbocycles. The monoisotopic (exact) mass is 315 g/mol. The Balaban J connectivity index is 2.15. The van der Waals surface area contributed by atoms with E-state index in [0.29, 0.717) is 0 Å². The van der Waals surface area contributed by atoms with Gasteiger partial charge in [0.05, 0.1) is 13.0 Å². The van der Waals surface area contributed by atoms with Crippen LogP contribution < -0.4 is 10.9 Å². The van der Waals surface area contributed by atoms with Gasteiger partial charge in [-0.3, -0.25) is 14.4 Å². The minimum Gasteiger partial charge on any atom is -0.481 e. The number of rotatable bonds is 6. The normalized spacial score (nSPS) is 11.7. The van der Waals surface area contributed by atoms with E-state index in [1.165, 1.54) is 16.8 Å². The summed E-state index contributed by atoms with van der Waals surface area (Å²) in [5.74, 6) is -1.51. The Kier molecular flexibility index (Phi) is 5.24. The van der Waals surface area contributed by atoms with Crippen LogP contribution in [0.15, 0.2) is 47.3 Å². The summed E-state index contributed by atoms with van der Waals surface area (Å²) in [6, 6.07) is 11.4. The molecule has 120 valence electrons. The fraction of sp³-hybridized carbons (Fsp3) is 0.250. The third kappa shape index (κ3) is 4.77. The van der Waals surface area contributed by atoms with Crippen LogP contribution in [-0.2, 0) is 11.3 Å². The van der Waals surface area contributed by atoms with E-state index < -0.39 is 17.9 Å². The van der Waals surface area contributed by atoms with Gasteiger partial charge in [-0.1, -0.05) is 30.3 Å². The minimum atomic E-state index is -1.00. The van der Waals surface area contributed by atoms with E-state index in [1.807, 2.05) is 30.3 Å². The van der Waals surface area contributed by atoms with E-state index in [4.69, 9.17) is 5.11 Å². The summed E-state index contributed by atoms with van der Waals surface area (Å²) in [6.45, 7) is 1.84. The predicted octanol–water partition coefficient (Wildman–Crippen LogP) is 0.885. The molecule has 1 atom stereocenters. The van der Waals surface area contributed by atoms with Crippen molar-refractivity contribution in [3.8, 4) is 0 Å². The van der Waals surface area contributed by atoms with Crippen LogP contribution in [0.5, 0.6) is 0 Å². The first-order valence-corrected chi connectivity index (χ1v) is 7.10. The number of benzene rings is 1. The molecule has 23 heavy (non-hydrogen) atoms. The van der Waals surface area contributed by atoms with Crippen molar-refractivity contribution >= 4 is 11.9 Å². The molecule has 7 nitrogen and oxygen atoms in total. The van der Waals surface area contributed by atoms with E-state index in [1.54, 1.807) is 6.92 Å². The van der Waals surface area contributed by atoms with Gasteiger partial charge in [-0.15, -0.1) is 0 Å². The Morgan fingerprint density at radius 1 is 1.22 bits per heavy atom. The molecule has 0 radical (unpaired) electrons. The zero-order chi connectivity index (χ0) is 16.8. The Labute approximate surface area is 132 Å². The highest BCUT2D eigenvalue weighted by atomic mass is 16.4. The molecule has 1 heterocycles. The number of carboxylic acids is 1. The lowest BCUT2D eigenvalue weighted by Gasteiger charge is -2.12. The summed E-state index contributed by atoms with van der Waals surface area (Å²) in [5, 5.41) is 15.3. The van der Waals surface area contributed by atoms with Crippen LogP contribution in [0.2, 0.25) is 0 Å². The van der Waals surface area contributed by atoms with Crippen LogP contribution in [0.1, 0.15) is 29.4 Å². The second kappa shape index (κ2) is 7.35. The van der Waals surface area contributed by atoms with Crippen LogP contribution in [0.3, 0.4) is 0 Å². The molecule has 0 aliphatic heterocycles. The van der Waals surface area contributed by atoms with E-state index in [0.717, 1.165) is 5.56 Å². The number of aromatic nitrogens is 2. The van der Waals surface area contributed by atoms with Gasteiger partial charge in [0.2, 0.25) is 0 Å². The second-order valence-corrected chi connectivity index (χ2v) is 5.17. The first-order chi connectivity index (χ1) is 11.0. The highest BCUT2D eigenvalue weighted by Gasteiger charge is 2.14. The number of carbonyl (C=O) groups is 2. The minimum absolute atomic E-state index is 0.0674. The molecule has 0 aliphatic rings.